The molecule has 2 N–H and O–H groups in total. The van der Waals surface area contributed by atoms with Crippen molar-refractivity contribution in [3.63, 3.8) is 0 Å². The third-order valence-electron chi connectivity index (χ3n) is 2.41. The highest BCUT2D eigenvalue weighted by Crippen LogP contribution is 2.13. The molecule has 0 aliphatic carbocycles. The van der Waals surface area contributed by atoms with E-state index in [2.05, 4.69) is 15.6 Å². The van der Waals surface area contributed by atoms with E-state index in [0.29, 0.717) is 6.54 Å². The Kier molecular flexibility index (Phi) is 3.55. The average Bonchev–Trinajstić information content (AvgIpc) is 2.37. The van der Waals surface area contributed by atoms with Crippen LogP contribution in [0.1, 0.15) is 5.56 Å². The molecule has 0 aliphatic heterocycles. The molecule has 0 radical (unpaired) electrons. The Morgan fingerprint density at radius 2 is 2.00 bits per heavy atom. The number of nitrogens with zero attached hydrogens (tertiary/aromatic N) is 1. The van der Waals surface area contributed by atoms with Gasteiger partial charge in [-0.25, -0.2) is 4.39 Å². The first-order chi connectivity index (χ1) is 8.28. The Hall–Kier alpha value is -2.10. The topological polar surface area (TPSA) is 37.0 Å². The largest absolute Gasteiger partial charge is 0.387 e. The highest BCUT2D eigenvalue weighted by atomic mass is 19.1. The molecule has 4 heteroatoms. The molecule has 0 spiro atoms. The Balaban J connectivity index is 2.02. The standard InChI is InChI=1S/C13H14FN3/c1-15-12-6-13(9-16-8-12)17-7-10-3-2-4-11(14)5-10/h2-6,8-9,15,17H,7H2,1H3. The van der Waals surface area contributed by atoms with Crippen molar-refractivity contribution in [3.05, 3.63) is 54.1 Å². The zero-order valence-corrected chi connectivity index (χ0v) is 9.57. The van der Waals surface area contributed by atoms with E-state index in [4.69, 9.17) is 0 Å². The molecule has 0 saturated heterocycles. The first-order valence-electron chi connectivity index (χ1n) is 5.39. The summed E-state index contributed by atoms with van der Waals surface area (Å²) >= 11 is 0. The van der Waals surface area contributed by atoms with Gasteiger partial charge in [-0.3, -0.25) is 4.98 Å². The van der Waals surface area contributed by atoms with Crippen LogP contribution >= 0.6 is 0 Å². The van der Waals surface area contributed by atoms with Gasteiger partial charge in [-0.15, -0.1) is 0 Å². The second-order valence-corrected chi connectivity index (χ2v) is 3.70. The first kappa shape index (κ1) is 11.4. The van der Waals surface area contributed by atoms with E-state index in [1.54, 1.807) is 18.5 Å². The molecule has 2 rings (SSSR count). The van der Waals surface area contributed by atoms with Crippen LogP contribution in [-0.4, -0.2) is 12.0 Å². The Morgan fingerprint density at radius 3 is 2.76 bits per heavy atom. The quantitative estimate of drug-likeness (QED) is 0.849. The summed E-state index contributed by atoms with van der Waals surface area (Å²) in [5.74, 6) is -0.216. The lowest BCUT2D eigenvalue weighted by Crippen LogP contribution is -2.01. The van der Waals surface area contributed by atoms with Gasteiger partial charge in [0.15, 0.2) is 0 Å². The maximum atomic E-state index is 13.0. The van der Waals surface area contributed by atoms with Gasteiger partial charge in [-0.1, -0.05) is 12.1 Å². The minimum absolute atomic E-state index is 0.216. The predicted octanol–water partition coefficient (Wildman–Crippen LogP) is 2.87. The molecule has 0 saturated carbocycles. The molecule has 1 aromatic heterocycles. The lowest BCUT2D eigenvalue weighted by atomic mass is 10.2. The number of hydrogen-bond acceptors (Lipinski definition) is 3. The minimum Gasteiger partial charge on any atom is -0.387 e. The fraction of sp³-hybridized carbons (Fsp3) is 0.154. The number of aromatic nitrogens is 1. The lowest BCUT2D eigenvalue weighted by molar-refractivity contribution is 0.626. The number of nitrogens with one attached hydrogen (secondary N) is 2. The van der Waals surface area contributed by atoms with Crippen molar-refractivity contribution in [2.45, 2.75) is 6.54 Å². The summed E-state index contributed by atoms with van der Waals surface area (Å²) in [5, 5.41) is 6.21. The molecule has 1 aromatic carbocycles. The normalized spacial score (nSPS) is 10.0. The van der Waals surface area contributed by atoms with Gasteiger partial charge in [-0.2, -0.15) is 0 Å². The van der Waals surface area contributed by atoms with Gasteiger partial charge in [0.1, 0.15) is 5.82 Å². The van der Waals surface area contributed by atoms with Crippen LogP contribution in [0.5, 0.6) is 0 Å². The van der Waals surface area contributed by atoms with E-state index in [-0.39, 0.29) is 5.82 Å². The second-order valence-electron chi connectivity index (χ2n) is 3.70. The summed E-state index contributed by atoms with van der Waals surface area (Å²) in [6.07, 6.45) is 3.48. The number of pyridine rings is 1. The van der Waals surface area contributed by atoms with E-state index in [1.165, 1.54) is 12.1 Å². The fourth-order valence-corrected chi connectivity index (χ4v) is 1.52. The number of anilines is 2. The smallest absolute Gasteiger partial charge is 0.123 e. The zero-order valence-electron chi connectivity index (χ0n) is 9.57. The van der Waals surface area contributed by atoms with Crippen molar-refractivity contribution in [2.75, 3.05) is 17.7 Å². The molecule has 88 valence electrons. The van der Waals surface area contributed by atoms with Crippen LogP contribution in [0.4, 0.5) is 15.8 Å². The molecular weight excluding hydrogens is 217 g/mol. The Bertz CT molecular complexity index is 500. The number of halogens is 1. The highest BCUT2D eigenvalue weighted by molar-refractivity contribution is 5.53. The summed E-state index contributed by atoms with van der Waals surface area (Å²) in [6, 6.07) is 8.49. The van der Waals surface area contributed by atoms with Gasteiger partial charge < -0.3 is 10.6 Å². The summed E-state index contributed by atoms with van der Waals surface area (Å²) in [4.78, 5) is 4.09. The van der Waals surface area contributed by atoms with Crippen LogP contribution in [0.25, 0.3) is 0 Å². The van der Waals surface area contributed by atoms with Crippen molar-refractivity contribution in [2.24, 2.45) is 0 Å². The second kappa shape index (κ2) is 5.30. The number of hydrogen-bond donors (Lipinski definition) is 2. The van der Waals surface area contributed by atoms with E-state index in [9.17, 15) is 4.39 Å². The Morgan fingerprint density at radius 1 is 1.18 bits per heavy atom. The molecule has 0 fully saturated rings. The molecule has 17 heavy (non-hydrogen) atoms. The SMILES string of the molecule is CNc1cncc(NCc2cccc(F)c2)c1. The zero-order chi connectivity index (χ0) is 12.1. The summed E-state index contributed by atoms with van der Waals surface area (Å²) in [6.45, 7) is 0.576. The molecule has 0 unspecified atom stereocenters. The molecule has 0 atom stereocenters. The van der Waals surface area contributed by atoms with Gasteiger partial charge in [0.2, 0.25) is 0 Å². The molecule has 3 nitrogen and oxygen atoms in total. The monoisotopic (exact) mass is 231 g/mol. The van der Waals surface area contributed by atoms with E-state index < -0.39 is 0 Å². The number of rotatable bonds is 4. The van der Waals surface area contributed by atoms with Crippen molar-refractivity contribution < 1.29 is 4.39 Å². The van der Waals surface area contributed by atoms with Crippen molar-refractivity contribution in [1.29, 1.82) is 0 Å². The third kappa shape index (κ3) is 3.17. The van der Waals surface area contributed by atoms with E-state index in [0.717, 1.165) is 16.9 Å². The van der Waals surface area contributed by atoms with Crippen molar-refractivity contribution >= 4 is 11.4 Å². The van der Waals surface area contributed by atoms with Crippen LogP contribution in [0.15, 0.2) is 42.7 Å². The van der Waals surface area contributed by atoms with Crippen LogP contribution in [0.2, 0.25) is 0 Å². The number of benzene rings is 1. The highest BCUT2D eigenvalue weighted by Gasteiger charge is 1.97. The van der Waals surface area contributed by atoms with Gasteiger partial charge in [0.05, 0.1) is 23.8 Å². The summed E-state index contributed by atoms with van der Waals surface area (Å²) in [5.41, 5.74) is 2.75. The third-order valence-corrected chi connectivity index (χ3v) is 2.41. The minimum atomic E-state index is -0.216. The van der Waals surface area contributed by atoms with Crippen LogP contribution in [-0.2, 0) is 6.54 Å². The van der Waals surface area contributed by atoms with E-state index in [1.807, 2.05) is 19.2 Å². The van der Waals surface area contributed by atoms with Gasteiger partial charge in [0.25, 0.3) is 0 Å². The molecular formula is C13H14FN3. The van der Waals surface area contributed by atoms with Gasteiger partial charge in [0, 0.05) is 13.6 Å². The predicted molar refractivity (Wildman–Crippen MR) is 67.5 cm³/mol. The molecule has 1 heterocycles. The average molecular weight is 231 g/mol. The molecule has 2 aromatic rings. The molecule has 0 aliphatic rings. The first-order valence-corrected chi connectivity index (χ1v) is 5.39. The lowest BCUT2D eigenvalue weighted by Gasteiger charge is -2.07. The van der Waals surface area contributed by atoms with Crippen LogP contribution < -0.4 is 10.6 Å². The maximum Gasteiger partial charge on any atom is 0.123 e. The van der Waals surface area contributed by atoms with Crippen LogP contribution in [0.3, 0.4) is 0 Å². The summed E-state index contributed by atoms with van der Waals surface area (Å²) < 4.78 is 13.0. The van der Waals surface area contributed by atoms with Gasteiger partial charge in [-0.05, 0) is 23.8 Å². The van der Waals surface area contributed by atoms with Crippen molar-refractivity contribution in [3.8, 4) is 0 Å². The Labute approximate surface area is 99.7 Å². The van der Waals surface area contributed by atoms with Crippen molar-refractivity contribution in [1.82, 2.24) is 4.98 Å². The van der Waals surface area contributed by atoms with Crippen LogP contribution in [0, 0.1) is 5.82 Å². The summed E-state index contributed by atoms with van der Waals surface area (Å²) in [7, 11) is 1.84. The molecule has 0 bridgehead atoms. The fourth-order valence-electron chi connectivity index (χ4n) is 1.52. The van der Waals surface area contributed by atoms with E-state index >= 15 is 0 Å². The molecule has 0 amide bonds. The maximum absolute atomic E-state index is 13.0. The van der Waals surface area contributed by atoms with Gasteiger partial charge >= 0.3 is 0 Å².